The van der Waals surface area contributed by atoms with Gasteiger partial charge in [-0.25, -0.2) is 15.0 Å². The average Bonchev–Trinajstić information content (AvgIpc) is 2.90. The molecular weight excluding hydrogens is 420 g/mol. The lowest BCUT2D eigenvalue weighted by atomic mass is 9.97. The third kappa shape index (κ3) is 5.67. The molecule has 5 nitrogen and oxygen atoms in total. The van der Waals surface area contributed by atoms with E-state index in [-0.39, 0.29) is 5.92 Å². The van der Waals surface area contributed by atoms with Crippen LogP contribution in [0.25, 0.3) is 34.2 Å². The Balaban J connectivity index is 1.76. The number of nitrogens with zero attached hydrogens (tertiary/aromatic N) is 3. The Morgan fingerprint density at radius 3 is 1.79 bits per heavy atom. The highest BCUT2D eigenvalue weighted by Gasteiger charge is 2.20. The van der Waals surface area contributed by atoms with Gasteiger partial charge >= 0.3 is 0 Å². The smallest absolute Gasteiger partial charge is 0.166 e. The molecule has 4 aromatic rings. The van der Waals surface area contributed by atoms with Gasteiger partial charge < -0.3 is 10.4 Å². The second-order valence-corrected chi connectivity index (χ2v) is 8.48. The molecule has 3 aromatic carbocycles. The molecule has 0 spiro atoms. The molecule has 2 N–H and O–H groups in total. The predicted molar refractivity (Wildman–Crippen MR) is 139 cm³/mol. The van der Waals surface area contributed by atoms with E-state index in [1.54, 1.807) is 0 Å². The maximum absolute atomic E-state index is 11.0. The Labute approximate surface area is 202 Å². The molecule has 4 rings (SSSR count). The lowest BCUT2D eigenvalue weighted by Gasteiger charge is -2.24. The summed E-state index contributed by atoms with van der Waals surface area (Å²) in [4.78, 5) is 14.4. The largest absolute Gasteiger partial charge is 0.374 e. The molecule has 2 unspecified atom stereocenters. The molecule has 0 aliphatic carbocycles. The van der Waals surface area contributed by atoms with Crippen molar-refractivity contribution in [2.75, 3.05) is 5.32 Å². The number of aliphatic hydroxyl groups excluding tert-OH is 1. The van der Waals surface area contributed by atoms with Crippen molar-refractivity contribution >= 4 is 5.69 Å². The van der Waals surface area contributed by atoms with Crippen LogP contribution in [0.3, 0.4) is 0 Å². The van der Waals surface area contributed by atoms with Crippen molar-refractivity contribution in [3.63, 3.8) is 0 Å². The first-order chi connectivity index (χ1) is 16.7. The zero-order valence-electron chi connectivity index (χ0n) is 19.9. The monoisotopic (exact) mass is 452 g/mol. The molecule has 0 saturated carbocycles. The van der Waals surface area contributed by atoms with E-state index in [1.807, 2.05) is 84.9 Å². The number of aromatic nitrogens is 3. The Kier molecular flexibility index (Phi) is 7.99. The summed E-state index contributed by atoms with van der Waals surface area (Å²) in [6, 6.07) is 27.8. The Bertz CT molecular complexity index is 1120. The van der Waals surface area contributed by atoms with E-state index in [1.165, 1.54) is 0 Å². The summed E-state index contributed by atoms with van der Waals surface area (Å²) in [6.07, 6.45) is 3.49. The molecular formula is C29H32N4O. The first kappa shape index (κ1) is 23.6. The molecule has 2 atom stereocenters. The number of unbranched alkanes of at least 4 members (excludes halogenated alkanes) is 1. The third-order valence-corrected chi connectivity index (χ3v) is 6.07. The summed E-state index contributed by atoms with van der Waals surface area (Å²) in [5.41, 5.74) is 3.51. The lowest BCUT2D eigenvalue weighted by Crippen LogP contribution is -2.28. The van der Waals surface area contributed by atoms with Crippen molar-refractivity contribution in [3.8, 4) is 34.2 Å². The zero-order valence-corrected chi connectivity index (χ0v) is 19.9. The molecule has 174 valence electrons. The number of hydrogen-bond donors (Lipinski definition) is 2. The predicted octanol–water partition coefficient (Wildman–Crippen LogP) is 6.82. The van der Waals surface area contributed by atoms with Crippen LogP contribution < -0.4 is 5.32 Å². The molecule has 1 heterocycles. The van der Waals surface area contributed by atoms with E-state index >= 15 is 0 Å². The van der Waals surface area contributed by atoms with Crippen LogP contribution >= 0.6 is 0 Å². The topological polar surface area (TPSA) is 70.9 Å². The molecule has 0 radical (unpaired) electrons. The van der Waals surface area contributed by atoms with E-state index in [0.717, 1.165) is 48.1 Å². The number of para-hydroxylation sites is 1. The minimum Gasteiger partial charge on any atom is -0.374 e. The maximum Gasteiger partial charge on any atom is 0.166 e. The van der Waals surface area contributed by atoms with Gasteiger partial charge in [-0.1, -0.05) is 99.5 Å². The first-order valence-corrected chi connectivity index (χ1v) is 12.1. The number of rotatable bonds is 10. The summed E-state index contributed by atoms with van der Waals surface area (Å²) in [5, 5.41) is 14.3. The van der Waals surface area contributed by atoms with Gasteiger partial charge in [0.1, 0.15) is 6.23 Å². The summed E-state index contributed by atoms with van der Waals surface area (Å²) >= 11 is 0. The fraction of sp³-hybridized carbons (Fsp3) is 0.276. The normalized spacial score (nSPS) is 12.8. The molecule has 0 amide bonds. The SMILES string of the molecule is CCCCC(CC)C(O)Nc1ccccc1-c1nc(-c2ccccc2)nc(-c2ccccc2)n1. The van der Waals surface area contributed by atoms with Crippen molar-refractivity contribution in [3.05, 3.63) is 84.9 Å². The minimum absolute atomic E-state index is 0.186. The second kappa shape index (κ2) is 11.5. The van der Waals surface area contributed by atoms with Gasteiger partial charge in [-0.15, -0.1) is 0 Å². The summed E-state index contributed by atoms with van der Waals surface area (Å²) < 4.78 is 0. The quantitative estimate of drug-likeness (QED) is 0.258. The van der Waals surface area contributed by atoms with Crippen LogP contribution in [0, 0.1) is 5.92 Å². The highest BCUT2D eigenvalue weighted by molar-refractivity contribution is 5.76. The molecule has 0 aliphatic heterocycles. The molecule has 0 fully saturated rings. The second-order valence-electron chi connectivity index (χ2n) is 8.48. The van der Waals surface area contributed by atoms with Crippen LogP contribution in [0.4, 0.5) is 5.69 Å². The van der Waals surface area contributed by atoms with Gasteiger partial charge in [0.15, 0.2) is 17.5 Å². The zero-order chi connectivity index (χ0) is 23.8. The summed E-state index contributed by atoms with van der Waals surface area (Å²) in [7, 11) is 0. The third-order valence-electron chi connectivity index (χ3n) is 6.07. The fourth-order valence-corrected chi connectivity index (χ4v) is 4.06. The van der Waals surface area contributed by atoms with Gasteiger partial charge in [0.25, 0.3) is 0 Å². The number of aliphatic hydroxyl groups is 1. The van der Waals surface area contributed by atoms with Gasteiger partial charge in [0, 0.05) is 28.3 Å². The van der Waals surface area contributed by atoms with E-state index in [9.17, 15) is 5.11 Å². The Morgan fingerprint density at radius 1 is 0.706 bits per heavy atom. The number of hydrogen-bond acceptors (Lipinski definition) is 5. The van der Waals surface area contributed by atoms with E-state index in [4.69, 9.17) is 15.0 Å². The van der Waals surface area contributed by atoms with E-state index in [0.29, 0.717) is 17.5 Å². The number of nitrogens with one attached hydrogen (secondary N) is 1. The lowest BCUT2D eigenvalue weighted by molar-refractivity contribution is 0.124. The van der Waals surface area contributed by atoms with Crippen LogP contribution in [0.1, 0.15) is 39.5 Å². The van der Waals surface area contributed by atoms with Crippen LogP contribution in [-0.4, -0.2) is 26.3 Å². The van der Waals surface area contributed by atoms with Crippen molar-refractivity contribution in [2.24, 2.45) is 5.92 Å². The minimum atomic E-state index is -0.637. The first-order valence-electron chi connectivity index (χ1n) is 12.1. The van der Waals surface area contributed by atoms with E-state index in [2.05, 4.69) is 19.2 Å². The molecule has 0 aliphatic rings. The van der Waals surface area contributed by atoms with Crippen LogP contribution in [-0.2, 0) is 0 Å². The average molecular weight is 453 g/mol. The standard InChI is InChI=1S/C29H32N4O/c1-3-5-14-21(4-2)29(34)30-25-20-13-12-19-24(25)28-32-26(22-15-8-6-9-16-22)31-27(33-28)23-17-10-7-11-18-23/h6-13,15-21,29-30,34H,3-5,14H2,1-2H3. The molecule has 34 heavy (non-hydrogen) atoms. The van der Waals surface area contributed by atoms with Gasteiger partial charge in [-0.3, -0.25) is 0 Å². The van der Waals surface area contributed by atoms with Crippen molar-refractivity contribution in [1.82, 2.24) is 15.0 Å². The molecule has 1 aromatic heterocycles. The number of anilines is 1. The van der Waals surface area contributed by atoms with Gasteiger partial charge in [-0.2, -0.15) is 0 Å². The Hall–Kier alpha value is -3.57. The van der Waals surface area contributed by atoms with Crippen LogP contribution in [0.5, 0.6) is 0 Å². The molecule has 0 bridgehead atoms. The summed E-state index contributed by atoms with van der Waals surface area (Å²) in [6.45, 7) is 4.30. The highest BCUT2D eigenvalue weighted by atomic mass is 16.3. The summed E-state index contributed by atoms with van der Waals surface area (Å²) in [5.74, 6) is 2.00. The fourth-order valence-electron chi connectivity index (χ4n) is 4.06. The van der Waals surface area contributed by atoms with E-state index < -0.39 is 6.23 Å². The van der Waals surface area contributed by atoms with Crippen LogP contribution in [0.2, 0.25) is 0 Å². The number of benzene rings is 3. The van der Waals surface area contributed by atoms with Gasteiger partial charge in [-0.05, 0) is 25.0 Å². The van der Waals surface area contributed by atoms with Crippen LogP contribution in [0.15, 0.2) is 84.9 Å². The highest BCUT2D eigenvalue weighted by Crippen LogP contribution is 2.30. The molecule has 0 saturated heterocycles. The maximum atomic E-state index is 11.0. The van der Waals surface area contributed by atoms with Crippen molar-refractivity contribution < 1.29 is 5.11 Å². The van der Waals surface area contributed by atoms with Gasteiger partial charge in [0.05, 0.1) is 0 Å². The Morgan fingerprint density at radius 2 is 1.24 bits per heavy atom. The molecule has 5 heteroatoms. The van der Waals surface area contributed by atoms with Crippen molar-refractivity contribution in [1.29, 1.82) is 0 Å². The van der Waals surface area contributed by atoms with Crippen molar-refractivity contribution in [2.45, 2.75) is 45.8 Å². The van der Waals surface area contributed by atoms with Gasteiger partial charge in [0.2, 0.25) is 0 Å².